The molecule has 4 nitrogen and oxygen atoms in total. The summed E-state index contributed by atoms with van der Waals surface area (Å²) in [6.07, 6.45) is 1.40. The third-order valence-corrected chi connectivity index (χ3v) is 2.60. The monoisotopic (exact) mass is 196 g/mol. The maximum absolute atomic E-state index is 10.8. The van der Waals surface area contributed by atoms with Gasteiger partial charge in [-0.3, -0.25) is 9.59 Å². The summed E-state index contributed by atoms with van der Waals surface area (Å²) in [6.45, 7) is 4.82. The fourth-order valence-corrected chi connectivity index (χ4v) is 1.23. The molecule has 2 N–H and O–H groups in total. The van der Waals surface area contributed by atoms with E-state index < -0.39 is 17.4 Å². The van der Waals surface area contributed by atoms with E-state index >= 15 is 0 Å². The zero-order chi connectivity index (χ0) is 10.6. The number of rotatable bonds is 5. The molecule has 0 aromatic heterocycles. The van der Waals surface area contributed by atoms with Crippen molar-refractivity contribution in [1.82, 2.24) is 0 Å². The number of carboxylic acid groups (broad SMARTS) is 2. The van der Waals surface area contributed by atoms with Crippen LogP contribution in [-0.2, 0) is 9.59 Å². The molecule has 0 spiro atoms. The Morgan fingerprint density at radius 1 is 1.29 bits per heavy atom. The molecule has 0 aliphatic rings. The molecule has 14 heavy (non-hydrogen) atoms. The molecule has 5 heteroatoms. The second-order valence-corrected chi connectivity index (χ2v) is 3.50. The van der Waals surface area contributed by atoms with Crippen LogP contribution in [0.25, 0.3) is 0 Å². The summed E-state index contributed by atoms with van der Waals surface area (Å²) in [6, 6.07) is 0. The van der Waals surface area contributed by atoms with Crippen LogP contribution in [0.4, 0.5) is 0 Å². The Hall–Kier alpha value is -0.463. The van der Waals surface area contributed by atoms with Crippen LogP contribution in [0, 0.1) is 11.3 Å². The van der Waals surface area contributed by atoms with Crippen molar-refractivity contribution in [2.24, 2.45) is 11.3 Å². The van der Waals surface area contributed by atoms with E-state index in [1.807, 2.05) is 6.92 Å². The van der Waals surface area contributed by atoms with E-state index in [4.69, 9.17) is 10.2 Å². The van der Waals surface area contributed by atoms with E-state index in [1.165, 1.54) is 6.92 Å². The van der Waals surface area contributed by atoms with Crippen molar-refractivity contribution in [3.63, 3.8) is 0 Å². The third kappa shape index (κ3) is 3.04. The Labute approximate surface area is 95.9 Å². The zero-order valence-electron chi connectivity index (χ0n) is 8.20. The number of carboxylic acids is 2. The first kappa shape index (κ1) is 16.0. The van der Waals surface area contributed by atoms with Gasteiger partial charge >= 0.3 is 30.8 Å². The van der Waals surface area contributed by atoms with Crippen molar-refractivity contribution in [3.05, 3.63) is 0 Å². The molecule has 0 bridgehead atoms. The van der Waals surface area contributed by atoms with Gasteiger partial charge in [-0.1, -0.05) is 20.3 Å². The van der Waals surface area contributed by atoms with E-state index in [9.17, 15) is 9.59 Å². The summed E-state index contributed by atoms with van der Waals surface area (Å²) in [5, 5.41) is 17.6. The Morgan fingerprint density at radius 2 is 1.64 bits per heavy atom. The van der Waals surface area contributed by atoms with Crippen LogP contribution in [0.15, 0.2) is 0 Å². The molecule has 0 aromatic carbocycles. The molecule has 0 aliphatic carbocycles. The Bertz CT molecular complexity index is 201. The summed E-state index contributed by atoms with van der Waals surface area (Å²) in [5.74, 6) is -2.88. The predicted molar refractivity (Wildman–Crippen MR) is 54.6 cm³/mol. The molecule has 0 saturated carbocycles. The Kier molecular flexibility index (Phi) is 6.97. The minimum absolute atomic E-state index is 0. The van der Waals surface area contributed by atoms with Gasteiger partial charge in [0.1, 0.15) is 0 Å². The SMILES string of the molecule is CCCC(C)C(C)(C(=O)O)C(=O)O.[LiH]. The van der Waals surface area contributed by atoms with Gasteiger partial charge in [-0.25, -0.2) is 0 Å². The fourth-order valence-electron chi connectivity index (χ4n) is 1.23. The van der Waals surface area contributed by atoms with E-state index in [0.717, 1.165) is 6.42 Å². The van der Waals surface area contributed by atoms with Crippen LogP contribution >= 0.6 is 0 Å². The first-order valence-electron chi connectivity index (χ1n) is 4.34. The molecule has 0 fully saturated rings. The van der Waals surface area contributed by atoms with Crippen LogP contribution in [0.5, 0.6) is 0 Å². The molecule has 0 radical (unpaired) electrons. The van der Waals surface area contributed by atoms with Gasteiger partial charge < -0.3 is 10.2 Å². The zero-order valence-corrected chi connectivity index (χ0v) is 8.20. The normalized spacial score (nSPS) is 12.8. The number of aliphatic carboxylic acids is 2. The molecule has 0 aliphatic heterocycles. The summed E-state index contributed by atoms with van der Waals surface area (Å²) >= 11 is 0. The standard InChI is InChI=1S/C9H16O4.Li.H/c1-4-5-6(2)9(3,7(10)11)8(12)13;;/h6H,4-5H2,1-3H3,(H,10,11)(H,12,13);;. The molecule has 0 amide bonds. The van der Waals surface area contributed by atoms with Gasteiger partial charge in [0.15, 0.2) is 5.41 Å². The summed E-state index contributed by atoms with van der Waals surface area (Å²) in [4.78, 5) is 21.6. The van der Waals surface area contributed by atoms with Gasteiger partial charge in [0.2, 0.25) is 0 Å². The molecule has 78 valence electrons. The van der Waals surface area contributed by atoms with Crippen molar-refractivity contribution in [1.29, 1.82) is 0 Å². The van der Waals surface area contributed by atoms with Crippen molar-refractivity contribution >= 4 is 30.8 Å². The van der Waals surface area contributed by atoms with Crippen LogP contribution < -0.4 is 0 Å². The van der Waals surface area contributed by atoms with Crippen LogP contribution in [0.1, 0.15) is 33.6 Å². The van der Waals surface area contributed by atoms with Gasteiger partial charge in [-0.2, -0.15) is 0 Å². The molecule has 0 heterocycles. The van der Waals surface area contributed by atoms with E-state index in [-0.39, 0.29) is 24.8 Å². The molecule has 0 rings (SSSR count). The maximum atomic E-state index is 10.8. The van der Waals surface area contributed by atoms with Gasteiger partial charge in [0, 0.05) is 0 Å². The molecular formula is C9H17LiO4. The van der Waals surface area contributed by atoms with E-state index in [0.29, 0.717) is 6.42 Å². The van der Waals surface area contributed by atoms with E-state index in [1.54, 1.807) is 6.92 Å². The van der Waals surface area contributed by atoms with E-state index in [2.05, 4.69) is 0 Å². The molecule has 0 aromatic rings. The number of hydrogen-bond donors (Lipinski definition) is 2. The Morgan fingerprint density at radius 3 is 1.86 bits per heavy atom. The van der Waals surface area contributed by atoms with Gasteiger partial charge in [-0.05, 0) is 19.3 Å². The van der Waals surface area contributed by atoms with Crippen LogP contribution in [0.3, 0.4) is 0 Å². The summed E-state index contributed by atoms with van der Waals surface area (Å²) < 4.78 is 0. The molecule has 1 atom stereocenters. The van der Waals surface area contributed by atoms with Gasteiger partial charge in [-0.15, -0.1) is 0 Å². The average molecular weight is 196 g/mol. The van der Waals surface area contributed by atoms with Crippen molar-refractivity contribution in [2.45, 2.75) is 33.6 Å². The van der Waals surface area contributed by atoms with Crippen LogP contribution in [0.2, 0.25) is 0 Å². The molecule has 0 saturated heterocycles. The fraction of sp³-hybridized carbons (Fsp3) is 0.778. The Balaban J connectivity index is 0. The van der Waals surface area contributed by atoms with Crippen molar-refractivity contribution in [2.75, 3.05) is 0 Å². The van der Waals surface area contributed by atoms with Crippen LogP contribution in [-0.4, -0.2) is 41.0 Å². The minimum atomic E-state index is -1.66. The topological polar surface area (TPSA) is 74.6 Å². The predicted octanol–water partition coefficient (Wildman–Crippen LogP) is 0.950. The summed E-state index contributed by atoms with van der Waals surface area (Å²) in [7, 11) is 0. The second kappa shape index (κ2) is 6.10. The molecule has 1 unspecified atom stereocenters. The number of hydrogen-bond acceptors (Lipinski definition) is 2. The quantitative estimate of drug-likeness (QED) is 0.507. The number of carbonyl (C=O) groups is 2. The van der Waals surface area contributed by atoms with Crippen molar-refractivity contribution < 1.29 is 19.8 Å². The first-order valence-corrected chi connectivity index (χ1v) is 4.34. The summed E-state index contributed by atoms with van der Waals surface area (Å²) in [5.41, 5.74) is -1.66. The van der Waals surface area contributed by atoms with Gasteiger partial charge in [0.05, 0.1) is 0 Å². The third-order valence-electron chi connectivity index (χ3n) is 2.60. The molecular weight excluding hydrogens is 179 g/mol. The van der Waals surface area contributed by atoms with Gasteiger partial charge in [0.25, 0.3) is 0 Å². The first-order chi connectivity index (χ1) is 5.87. The second-order valence-electron chi connectivity index (χ2n) is 3.50. The average Bonchev–Trinajstić information content (AvgIpc) is 2.02. The van der Waals surface area contributed by atoms with Crippen molar-refractivity contribution in [3.8, 4) is 0 Å².